The van der Waals surface area contributed by atoms with Gasteiger partial charge in [0.1, 0.15) is 0 Å². The summed E-state index contributed by atoms with van der Waals surface area (Å²) in [5.74, 6) is 0. The monoisotopic (exact) mass is 109 g/mol. The zero-order valence-electron chi connectivity index (χ0n) is 5.18. The van der Waals surface area contributed by atoms with Crippen LogP contribution in [0.2, 0.25) is 0 Å². The Bertz CT molecular complexity index is 169. The highest BCUT2D eigenvalue weighted by Gasteiger charge is 1.94. The SMILES string of the molecule is [CH2]c1c(C)ncn1C. The van der Waals surface area contributed by atoms with E-state index < -0.39 is 0 Å². The molecule has 1 heterocycles. The van der Waals surface area contributed by atoms with Gasteiger partial charge in [0, 0.05) is 12.7 Å². The summed E-state index contributed by atoms with van der Waals surface area (Å²) in [4.78, 5) is 4.02. The Hall–Kier alpha value is -0.790. The fourth-order valence-corrected chi connectivity index (χ4v) is 0.573. The van der Waals surface area contributed by atoms with Crippen molar-refractivity contribution in [3.05, 3.63) is 24.6 Å². The van der Waals surface area contributed by atoms with Crippen LogP contribution in [0, 0.1) is 13.8 Å². The number of imidazole rings is 1. The van der Waals surface area contributed by atoms with E-state index in [1.165, 1.54) is 0 Å². The molecule has 1 radical (unpaired) electrons. The predicted octanol–water partition coefficient (Wildman–Crippen LogP) is 0.911. The van der Waals surface area contributed by atoms with Gasteiger partial charge in [0.2, 0.25) is 0 Å². The van der Waals surface area contributed by atoms with E-state index in [2.05, 4.69) is 11.9 Å². The van der Waals surface area contributed by atoms with Crippen LogP contribution >= 0.6 is 0 Å². The number of aryl methyl sites for hydroxylation is 2. The number of hydrogen-bond acceptors (Lipinski definition) is 1. The third-order valence-electron chi connectivity index (χ3n) is 1.27. The van der Waals surface area contributed by atoms with Crippen molar-refractivity contribution in [3.63, 3.8) is 0 Å². The van der Waals surface area contributed by atoms with Crippen LogP contribution in [0.5, 0.6) is 0 Å². The van der Waals surface area contributed by atoms with E-state index in [9.17, 15) is 0 Å². The summed E-state index contributed by atoms with van der Waals surface area (Å²) in [6.45, 7) is 5.73. The number of aromatic nitrogens is 2. The Labute approximate surface area is 49.2 Å². The third-order valence-corrected chi connectivity index (χ3v) is 1.27. The normalized spacial score (nSPS) is 9.88. The molecule has 0 aliphatic heterocycles. The fourth-order valence-electron chi connectivity index (χ4n) is 0.573. The molecule has 1 rings (SSSR count). The molecule has 8 heavy (non-hydrogen) atoms. The lowest BCUT2D eigenvalue weighted by Crippen LogP contribution is -1.87. The van der Waals surface area contributed by atoms with Gasteiger partial charge in [0.25, 0.3) is 0 Å². The minimum absolute atomic E-state index is 0.991. The second-order valence-electron chi connectivity index (χ2n) is 1.89. The van der Waals surface area contributed by atoms with Crippen molar-refractivity contribution in [2.24, 2.45) is 7.05 Å². The molecule has 0 bridgehead atoms. The molecule has 1 aromatic rings. The topological polar surface area (TPSA) is 17.8 Å². The summed E-state index contributed by atoms with van der Waals surface area (Å²) in [6.07, 6.45) is 1.76. The Balaban J connectivity index is 3.19. The molecule has 0 saturated carbocycles. The van der Waals surface area contributed by atoms with Gasteiger partial charge in [-0.05, 0) is 13.8 Å². The molecule has 0 aliphatic rings. The average Bonchev–Trinajstić information content (AvgIpc) is 1.98. The first kappa shape index (κ1) is 5.35. The van der Waals surface area contributed by atoms with Crippen LogP contribution in [0.1, 0.15) is 11.4 Å². The number of hydrogen-bond donors (Lipinski definition) is 0. The van der Waals surface area contributed by atoms with E-state index in [-0.39, 0.29) is 0 Å². The van der Waals surface area contributed by atoms with Crippen molar-refractivity contribution < 1.29 is 0 Å². The van der Waals surface area contributed by atoms with Gasteiger partial charge in [-0.15, -0.1) is 0 Å². The maximum atomic E-state index is 4.02. The van der Waals surface area contributed by atoms with Gasteiger partial charge in [0.15, 0.2) is 0 Å². The molecular formula is C6H9N2. The maximum absolute atomic E-state index is 4.02. The zero-order valence-corrected chi connectivity index (χ0v) is 5.18. The molecule has 43 valence electrons. The summed E-state index contributed by atoms with van der Waals surface area (Å²) in [7, 11) is 1.93. The van der Waals surface area contributed by atoms with E-state index >= 15 is 0 Å². The molecular weight excluding hydrogens is 100 g/mol. The lowest BCUT2D eigenvalue weighted by atomic mass is 10.4. The molecule has 0 N–H and O–H groups in total. The summed E-state index contributed by atoms with van der Waals surface area (Å²) < 4.78 is 1.90. The molecule has 2 nitrogen and oxygen atoms in total. The van der Waals surface area contributed by atoms with E-state index in [1.807, 2.05) is 18.5 Å². The Kier molecular flexibility index (Phi) is 1.08. The average molecular weight is 109 g/mol. The molecule has 0 aromatic carbocycles. The smallest absolute Gasteiger partial charge is 0.0948 e. The van der Waals surface area contributed by atoms with Crippen molar-refractivity contribution in [1.82, 2.24) is 9.55 Å². The summed E-state index contributed by atoms with van der Waals surface area (Å²) in [5.41, 5.74) is 2.00. The lowest BCUT2D eigenvalue weighted by Gasteiger charge is -1.90. The highest BCUT2D eigenvalue weighted by Crippen LogP contribution is 1.99. The maximum Gasteiger partial charge on any atom is 0.0948 e. The van der Waals surface area contributed by atoms with Crippen LogP contribution in [0.25, 0.3) is 0 Å². The van der Waals surface area contributed by atoms with E-state index in [1.54, 1.807) is 6.33 Å². The number of rotatable bonds is 0. The predicted molar refractivity (Wildman–Crippen MR) is 32.4 cm³/mol. The quantitative estimate of drug-likeness (QED) is 0.484. The molecule has 0 spiro atoms. The first-order valence-corrected chi connectivity index (χ1v) is 2.51. The molecule has 0 fully saturated rings. The van der Waals surface area contributed by atoms with Gasteiger partial charge in [-0.3, -0.25) is 0 Å². The zero-order chi connectivity index (χ0) is 6.15. The summed E-state index contributed by atoms with van der Waals surface area (Å²) >= 11 is 0. The van der Waals surface area contributed by atoms with Crippen molar-refractivity contribution in [2.75, 3.05) is 0 Å². The largest absolute Gasteiger partial charge is 0.337 e. The highest BCUT2D eigenvalue weighted by atomic mass is 15.0. The summed E-state index contributed by atoms with van der Waals surface area (Å²) in [5, 5.41) is 0. The van der Waals surface area contributed by atoms with Crippen molar-refractivity contribution in [2.45, 2.75) is 6.92 Å². The van der Waals surface area contributed by atoms with Crippen LogP contribution in [0.4, 0.5) is 0 Å². The molecule has 0 aliphatic carbocycles. The second-order valence-corrected chi connectivity index (χ2v) is 1.89. The molecule has 0 atom stereocenters. The standard InChI is InChI=1S/C6H9N2/c1-5-6(2)8(3)4-7-5/h4H,2H2,1,3H3. The van der Waals surface area contributed by atoms with Crippen molar-refractivity contribution >= 4 is 0 Å². The molecule has 1 aromatic heterocycles. The first-order valence-electron chi connectivity index (χ1n) is 2.51. The molecule has 0 saturated heterocycles. The minimum Gasteiger partial charge on any atom is -0.337 e. The van der Waals surface area contributed by atoms with Crippen LogP contribution in [-0.4, -0.2) is 9.55 Å². The van der Waals surface area contributed by atoms with Crippen LogP contribution in [-0.2, 0) is 7.05 Å². The first-order chi connectivity index (χ1) is 3.72. The van der Waals surface area contributed by atoms with E-state index in [4.69, 9.17) is 0 Å². The Morgan fingerprint density at radius 3 is 2.50 bits per heavy atom. The Morgan fingerprint density at radius 2 is 2.38 bits per heavy atom. The van der Waals surface area contributed by atoms with Gasteiger partial charge < -0.3 is 4.57 Å². The van der Waals surface area contributed by atoms with Crippen molar-refractivity contribution in [1.29, 1.82) is 0 Å². The highest BCUT2D eigenvalue weighted by molar-refractivity contribution is 5.13. The van der Waals surface area contributed by atoms with E-state index in [0.29, 0.717) is 0 Å². The molecule has 2 heteroatoms. The Morgan fingerprint density at radius 1 is 1.75 bits per heavy atom. The van der Waals surface area contributed by atoms with Crippen LogP contribution in [0.15, 0.2) is 6.33 Å². The second kappa shape index (κ2) is 1.62. The fraction of sp³-hybridized carbons (Fsp3) is 0.333. The third kappa shape index (κ3) is 0.619. The van der Waals surface area contributed by atoms with Gasteiger partial charge in [-0.2, -0.15) is 0 Å². The van der Waals surface area contributed by atoms with Crippen LogP contribution < -0.4 is 0 Å². The van der Waals surface area contributed by atoms with Gasteiger partial charge in [-0.25, -0.2) is 4.98 Å². The molecule has 0 amide bonds. The van der Waals surface area contributed by atoms with Gasteiger partial charge in [0.05, 0.1) is 12.0 Å². The minimum atomic E-state index is 0.991. The van der Waals surface area contributed by atoms with E-state index in [0.717, 1.165) is 11.4 Å². The molecule has 0 unspecified atom stereocenters. The van der Waals surface area contributed by atoms with Crippen molar-refractivity contribution in [3.8, 4) is 0 Å². The number of nitrogens with zero attached hydrogens (tertiary/aromatic N) is 2. The van der Waals surface area contributed by atoms with Gasteiger partial charge in [-0.1, -0.05) is 0 Å². The van der Waals surface area contributed by atoms with Crippen LogP contribution in [0.3, 0.4) is 0 Å². The van der Waals surface area contributed by atoms with Gasteiger partial charge >= 0.3 is 0 Å². The lowest BCUT2D eigenvalue weighted by molar-refractivity contribution is 0.892. The summed E-state index contributed by atoms with van der Waals surface area (Å²) in [6, 6.07) is 0.